The number of phosphoric ester groups is 2. The molecule has 0 aliphatic carbocycles. The van der Waals surface area contributed by atoms with Crippen LogP contribution in [0.15, 0.2) is 0 Å². The van der Waals surface area contributed by atoms with Crippen LogP contribution in [0.2, 0.25) is 0 Å². The highest BCUT2D eigenvalue weighted by Gasteiger charge is 2.30. The van der Waals surface area contributed by atoms with E-state index in [2.05, 4.69) is 41.5 Å². The Hall–Kier alpha value is -1.94. The van der Waals surface area contributed by atoms with Gasteiger partial charge in [-0.1, -0.05) is 330 Å². The smallest absolute Gasteiger partial charge is 0.462 e. The molecule has 0 rings (SSSR count). The topological polar surface area (TPSA) is 237 Å². The number of carbonyl (C=O) groups is 4. The van der Waals surface area contributed by atoms with Crippen molar-refractivity contribution in [3.05, 3.63) is 0 Å². The van der Waals surface area contributed by atoms with Gasteiger partial charge in [-0.05, 0) is 37.5 Å². The molecule has 0 aromatic rings. The lowest BCUT2D eigenvalue weighted by atomic mass is 9.99. The first-order valence-electron chi connectivity index (χ1n) is 38.5. The van der Waals surface area contributed by atoms with Gasteiger partial charge in [0.25, 0.3) is 0 Å². The lowest BCUT2D eigenvalue weighted by Crippen LogP contribution is -2.30. The number of phosphoric acid groups is 2. The Bertz CT molecular complexity index is 1810. The van der Waals surface area contributed by atoms with E-state index in [1.54, 1.807) is 0 Å². The third-order valence-electron chi connectivity index (χ3n) is 17.6. The molecule has 0 saturated carbocycles. The molecule has 19 heteroatoms. The summed E-state index contributed by atoms with van der Waals surface area (Å²) >= 11 is 0. The molecule has 3 N–H and O–H groups in total. The van der Waals surface area contributed by atoms with Crippen LogP contribution in [0.4, 0.5) is 0 Å². The van der Waals surface area contributed by atoms with Crippen LogP contribution < -0.4 is 0 Å². The van der Waals surface area contributed by atoms with Gasteiger partial charge in [0.05, 0.1) is 26.4 Å². The zero-order chi connectivity index (χ0) is 68.6. The Labute approximate surface area is 568 Å². The molecule has 6 atom stereocenters. The average molecular weight is 1370 g/mol. The molecule has 3 unspecified atom stereocenters. The quantitative estimate of drug-likeness (QED) is 0.0222. The highest BCUT2D eigenvalue weighted by Crippen LogP contribution is 2.45. The van der Waals surface area contributed by atoms with E-state index in [4.69, 9.17) is 37.0 Å². The molecule has 0 fully saturated rings. The summed E-state index contributed by atoms with van der Waals surface area (Å²) in [7, 11) is -9.90. The van der Waals surface area contributed by atoms with Crippen molar-refractivity contribution in [2.24, 2.45) is 11.8 Å². The molecular formula is C74H144O17P2. The van der Waals surface area contributed by atoms with Crippen molar-refractivity contribution < 1.29 is 80.2 Å². The second-order valence-corrected chi connectivity index (χ2v) is 30.3. The van der Waals surface area contributed by atoms with Crippen LogP contribution in [-0.2, 0) is 65.4 Å². The minimum atomic E-state index is -4.96. The molecule has 552 valence electrons. The molecule has 0 heterocycles. The second kappa shape index (κ2) is 66.0. The van der Waals surface area contributed by atoms with Gasteiger partial charge in [-0.3, -0.25) is 37.3 Å². The molecule has 0 saturated heterocycles. The van der Waals surface area contributed by atoms with Crippen molar-refractivity contribution in [2.75, 3.05) is 39.6 Å². The number of aliphatic hydroxyl groups is 1. The summed E-state index contributed by atoms with van der Waals surface area (Å²) in [5.41, 5.74) is 0. The minimum Gasteiger partial charge on any atom is -0.462 e. The molecular weight excluding hydrogens is 1220 g/mol. The fourth-order valence-corrected chi connectivity index (χ4v) is 12.8. The van der Waals surface area contributed by atoms with Gasteiger partial charge in [0.15, 0.2) is 12.2 Å². The van der Waals surface area contributed by atoms with Crippen LogP contribution in [0.25, 0.3) is 0 Å². The third kappa shape index (κ3) is 67.0. The van der Waals surface area contributed by atoms with Gasteiger partial charge in [0.2, 0.25) is 0 Å². The Kier molecular flexibility index (Phi) is 64.6. The van der Waals surface area contributed by atoms with Gasteiger partial charge in [0.1, 0.15) is 19.3 Å². The van der Waals surface area contributed by atoms with Crippen LogP contribution in [-0.4, -0.2) is 96.7 Å². The van der Waals surface area contributed by atoms with Crippen LogP contribution in [0, 0.1) is 11.8 Å². The summed E-state index contributed by atoms with van der Waals surface area (Å²) in [6.45, 7) is 9.58. The van der Waals surface area contributed by atoms with Crippen molar-refractivity contribution >= 4 is 39.5 Å². The highest BCUT2D eigenvalue weighted by atomic mass is 31.2. The van der Waals surface area contributed by atoms with E-state index in [1.165, 1.54) is 193 Å². The first-order chi connectivity index (χ1) is 44.9. The number of unbranched alkanes of at least 4 members (excludes halogenated alkanes) is 42. The molecule has 93 heavy (non-hydrogen) atoms. The number of aliphatic hydroxyl groups excluding tert-OH is 1. The zero-order valence-corrected chi connectivity index (χ0v) is 62.3. The van der Waals surface area contributed by atoms with E-state index in [-0.39, 0.29) is 25.7 Å². The van der Waals surface area contributed by atoms with E-state index < -0.39 is 97.5 Å². The molecule has 0 spiro atoms. The third-order valence-corrected chi connectivity index (χ3v) is 19.5. The Balaban J connectivity index is 5.22. The monoisotopic (exact) mass is 1370 g/mol. The van der Waals surface area contributed by atoms with E-state index >= 15 is 0 Å². The largest absolute Gasteiger partial charge is 0.472 e. The molecule has 0 bridgehead atoms. The van der Waals surface area contributed by atoms with Crippen LogP contribution >= 0.6 is 15.6 Å². The predicted molar refractivity (Wildman–Crippen MR) is 377 cm³/mol. The van der Waals surface area contributed by atoms with Crippen molar-refractivity contribution in [1.29, 1.82) is 0 Å². The van der Waals surface area contributed by atoms with Gasteiger partial charge in [0, 0.05) is 25.7 Å². The van der Waals surface area contributed by atoms with Crippen molar-refractivity contribution in [3.63, 3.8) is 0 Å². The molecule has 0 aliphatic rings. The summed E-state index contributed by atoms with van der Waals surface area (Å²) < 4.78 is 68.4. The average Bonchev–Trinajstić information content (AvgIpc) is 2.26. The molecule has 17 nitrogen and oxygen atoms in total. The van der Waals surface area contributed by atoms with Crippen LogP contribution in [0.3, 0.4) is 0 Å². The maximum absolute atomic E-state index is 13.1. The predicted octanol–water partition coefficient (Wildman–Crippen LogP) is 21.6. The molecule has 0 amide bonds. The Morgan fingerprint density at radius 2 is 0.548 bits per heavy atom. The van der Waals surface area contributed by atoms with E-state index in [0.29, 0.717) is 25.7 Å². The number of rotatable bonds is 73. The maximum Gasteiger partial charge on any atom is 0.472 e. The lowest BCUT2D eigenvalue weighted by Gasteiger charge is -2.21. The van der Waals surface area contributed by atoms with E-state index in [0.717, 1.165) is 108 Å². The Morgan fingerprint density at radius 3 is 0.817 bits per heavy atom. The zero-order valence-electron chi connectivity index (χ0n) is 60.6. The number of esters is 4. The summed E-state index contributed by atoms with van der Waals surface area (Å²) in [6, 6.07) is 0. The summed E-state index contributed by atoms with van der Waals surface area (Å²) in [4.78, 5) is 72.6. The number of hydrogen-bond acceptors (Lipinski definition) is 15. The Morgan fingerprint density at radius 1 is 0.312 bits per heavy atom. The van der Waals surface area contributed by atoms with E-state index in [1.807, 2.05) is 0 Å². The van der Waals surface area contributed by atoms with Gasteiger partial charge in [-0.15, -0.1) is 0 Å². The number of ether oxygens (including phenoxy) is 4. The number of carbonyl (C=O) groups excluding carboxylic acids is 4. The summed E-state index contributed by atoms with van der Waals surface area (Å²) in [6.07, 6.45) is 52.7. The molecule has 0 radical (unpaired) electrons. The van der Waals surface area contributed by atoms with Crippen molar-refractivity contribution in [2.45, 2.75) is 400 Å². The normalized spacial score (nSPS) is 14.3. The van der Waals surface area contributed by atoms with Gasteiger partial charge >= 0.3 is 39.5 Å². The van der Waals surface area contributed by atoms with Crippen molar-refractivity contribution in [1.82, 2.24) is 0 Å². The van der Waals surface area contributed by atoms with E-state index in [9.17, 15) is 43.2 Å². The standard InChI is InChI=1S/C74H144O17P2/c1-7-10-12-14-16-18-19-20-22-26-29-32-39-45-51-57-72(77)85-63-70(90-73(78)58-52-46-40-33-30-27-24-21-23-25-28-31-36-42-48-54-66(4)5)65-89-93(82,83)87-61-68(75)60-86-92(80,81)88-64-69(62-84-71(76)56-50-44-38-17-15-13-11-8-2)91-74(79)59-53-47-41-35-34-37-43-49-55-67(6)9-3/h66-70,75H,7-65H2,1-6H3,(H,80,81)(H,82,83)/t67?,68-,69+,70+/m0/s1. The van der Waals surface area contributed by atoms with Crippen LogP contribution in [0.5, 0.6) is 0 Å². The van der Waals surface area contributed by atoms with Gasteiger partial charge in [-0.25, -0.2) is 9.13 Å². The highest BCUT2D eigenvalue weighted by molar-refractivity contribution is 7.47. The maximum atomic E-state index is 13.1. The first kappa shape index (κ1) is 91.1. The molecule has 0 aliphatic heterocycles. The fourth-order valence-electron chi connectivity index (χ4n) is 11.3. The summed E-state index contributed by atoms with van der Waals surface area (Å²) in [5.74, 6) is -0.549. The van der Waals surface area contributed by atoms with Gasteiger partial charge < -0.3 is 33.8 Å². The fraction of sp³-hybridized carbons (Fsp3) is 0.946. The lowest BCUT2D eigenvalue weighted by molar-refractivity contribution is -0.161. The van der Waals surface area contributed by atoms with Crippen molar-refractivity contribution in [3.8, 4) is 0 Å². The molecule has 0 aromatic heterocycles. The number of hydrogen-bond donors (Lipinski definition) is 3. The molecule has 0 aromatic carbocycles. The summed E-state index contributed by atoms with van der Waals surface area (Å²) in [5, 5.41) is 10.6. The first-order valence-corrected chi connectivity index (χ1v) is 41.5. The second-order valence-electron chi connectivity index (χ2n) is 27.4. The minimum absolute atomic E-state index is 0.105. The van der Waals surface area contributed by atoms with Gasteiger partial charge in [-0.2, -0.15) is 0 Å². The van der Waals surface area contributed by atoms with Crippen LogP contribution in [0.1, 0.15) is 382 Å². The SMILES string of the molecule is CCCCCCCCCCCCCCCCCC(=O)OC[C@H](COP(=O)(O)OC[C@@H](O)COP(=O)(O)OC[C@@H](COC(=O)CCCCCCCCCC)OC(=O)CCCCCCCCCCC(C)CC)OC(=O)CCCCCCCCCCCCCCCCCC(C)C.